The van der Waals surface area contributed by atoms with Crippen LogP contribution in [-0.2, 0) is 16.2 Å². The minimum atomic E-state index is -4.35. The monoisotopic (exact) mass is 568 g/mol. The maximum atomic E-state index is 13.2. The summed E-state index contributed by atoms with van der Waals surface area (Å²) in [6.07, 6.45) is 2.92. The van der Waals surface area contributed by atoms with E-state index in [1.165, 1.54) is 24.4 Å². The Labute approximate surface area is 223 Å². The van der Waals surface area contributed by atoms with Crippen molar-refractivity contribution in [1.82, 2.24) is 19.9 Å². The summed E-state index contributed by atoms with van der Waals surface area (Å²) in [5.41, 5.74) is 0.0816. The van der Waals surface area contributed by atoms with Gasteiger partial charge in [0.2, 0.25) is 10.0 Å². The van der Waals surface area contributed by atoms with Gasteiger partial charge < -0.3 is 5.32 Å². The number of hydrogen-bond donors (Lipinski definition) is 2. The van der Waals surface area contributed by atoms with Gasteiger partial charge in [-0.15, -0.1) is 24.8 Å². The Kier molecular flexibility index (Phi) is 11.5. The van der Waals surface area contributed by atoms with Crippen LogP contribution in [-0.4, -0.2) is 50.5 Å². The maximum Gasteiger partial charge on any atom is 0.416 e. The molecule has 1 aromatic carbocycles. The maximum absolute atomic E-state index is 13.2. The molecule has 2 aromatic rings. The average Bonchev–Trinajstić information content (AvgIpc) is 2.84. The summed E-state index contributed by atoms with van der Waals surface area (Å²) in [5.74, 6) is 0.483. The van der Waals surface area contributed by atoms with Gasteiger partial charge in [0, 0.05) is 44.1 Å². The van der Waals surface area contributed by atoms with Crippen LogP contribution in [0.4, 0.5) is 13.2 Å². The van der Waals surface area contributed by atoms with Crippen molar-refractivity contribution in [2.24, 2.45) is 5.92 Å². The third-order valence-electron chi connectivity index (χ3n) is 6.89. The summed E-state index contributed by atoms with van der Waals surface area (Å²) < 4.78 is 67.4. The highest BCUT2D eigenvalue weighted by molar-refractivity contribution is 7.89. The molecule has 1 atom stereocenters. The zero-order chi connectivity index (χ0) is 24.2. The lowest BCUT2D eigenvalue weighted by molar-refractivity contribution is -0.137. The molecule has 1 aliphatic heterocycles. The number of halogens is 5. The van der Waals surface area contributed by atoms with E-state index in [0.717, 1.165) is 57.8 Å². The van der Waals surface area contributed by atoms with Crippen molar-refractivity contribution >= 4 is 34.8 Å². The van der Waals surface area contributed by atoms with Crippen molar-refractivity contribution < 1.29 is 21.6 Å². The van der Waals surface area contributed by atoms with Crippen LogP contribution in [0.25, 0.3) is 0 Å². The smallest absolute Gasteiger partial charge is 0.314 e. The minimum absolute atomic E-state index is 0. The van der Waals surface area contributed by atoms with Crippen molar-refractivity contribution in [3.05, 3.63) is 59.9 Å². The van der Waals surface area contributed by atoms with Crippen LogP contribution < -0.4 is 10.0 Å². The van der Waals surface area contributed by atoms with Crippen molar-refractivity contribution in [2.45, 2.75) is 55.3 Å². The molecule has 202 valence electrons. The largest absolute Gasteiger partial charge is 0.416 e. The molecular weight excluding hydrogens is 536 g/mol. The number of hydrogen-bond acceptors (Lipinski definition) is 5. The SMILES string of the molecule is Cl.Cl.O=S(=O)(NC1CCC(CCN2CCNCC2c2cccc(C(F)(F)F)c2)CC1)c1cccnc1. The van der Waals surface area contributed by atoms with E-state index in [1.54, 1.807) is 18.3 Å². The zero-order valence-electron chi connectivity index (χ0n) is 19.8. The van der Waals surface area contributed by atoms with Crippen LogP contribution in [0.15, 0.2) is 53.7 Å². The number of piperazine rings is 1. The highest BCUT2D eigenvalue weighted by Gasteiger charge is 2.32. The third kappa shape index (κ3) is 8.03. The van der Waals surface area contributed by atoms with Gasteiger partial charge in [-0.2, -0.15) is 13.2 Å². The Hall–Kier alpha value is -1.43. The first-order valence-corrected chi connectivity index (χ1v) is 13.2. The van der Waals surface area contributed by atoms with Crippen LogP contribution in [0.1, 0.15) is 49.3 Å². The van der Waals surface area contributed by atoms with E-state index in [4.69, 9.17) is 0 Å². The quantitative estimate of drug-likeness (QED) is 0.501. The van der Waals surface area contributed by atoms with Gasteiger partial charge in [-0.3, -0.25) is 9.88 Å². The van der Waals surface area contributed by atoms with Gasteiger partial charge in [-0.1, -0.05) is 12.1 Å². The molecule has 0 amide bonds. The standard InChI is InChI=1S/C24H31F3N4O2S.2ClH/c25-24(26,27)20-4-1-3-19(15-20)23-17-29-12-14-31(23)13-10-18-6-8-21(9-7-18)30-34(32,33)22-5-2-11-28-16-22;;/h1-5,11,15-16,18,21,23,29-30H,6-10,12-14,17H2;2*1H. The lowest BCUT2D eigenvalue weighted by atomic mass is 9.84. The second-order valence-corrected chi connectivity index (χ2v) is 10.9. The molecular formula is C24H33Cl2F3N4O2S. The third-order valence-corrected chi connectivity index (χ3v) is 8.40. The second kappa shape index (κ2) is 13.4. The minimum Gasteiger partial charge on any atom is -0.314 e. The molecule has 4 rings (SSSR count). The number of sulfonamides is 1. The highest BCUT2D eigenvalue weighted by atomic mass is 35.5. The predicted molar refractivity (Wildman–Crippen MR) is 138 cm³/mol. The molecule has 6 nitrogen and oxygen atoms in total. The first kappa shape index (κ1) is 30.8. The molecule has 1 saturated carbocycles. The fourth-order valence-corrected chi connectivity index (χ4v) is 6.24. The molecule has 0 bridgehead atoms. The summed E-state index contributed by atoms with van der Waals surface area (Å²) in [6, 6.07) is 8.62. The average molecular weight is 570 g/mol. The fraction of sp³-hybridized carbons (Fsp3) is 0.542. The van der Waals surface area contributed by atoms with Gasteiger partial charge in [-0.05, 0) is 74.4 Å². The molecule has 2 heterocycles. The van der Waals surface area contributed by atoms with E-state index >= 15 is 0 Å². The first-order valence-electron chi connectivity index (χ1n) is 11.8. The molecule has 1 aliphatic carbocycles. The molecule has 1 aromatic heterocycles. The van der Waals surface area contributed by atoms with Gasteiger partial charge in [0.25, 0.3) is 0 Å². The zero-order valence-corrected chi connectivity index (χ0v) is 22.2. The molecule has 2 N–H and O–H groups in total. The van der Waals surface area contributed by atoms with Crippen molar-refractivity contribution in [2.75, 3.05) is 26.2 Å². The van der Waals surface area contributed by atoms with Crippen molar-refractivity contribution in [3.63, 3.8) is 0 Å². The number of pyridine rings is 1. The van der Waals surface area contributed by atoms with Crippen LogP contribution in [0.5, 0.6) is 0 Å². The van der Waals surface area contributed by atoms with Crippen LogP contribution in [0.3, 0.4) is 0 Å². The first-order chi connectivity index (χ1) is 16.2. The van der Waals surface area contributed by atoms with Crippen LogP contribution in [0.2, 0.25) is 0 Å². The molecule has 2 aliphatic rings. The van der Waals surface area contributed by atoms with E-state index in [1.807, 2.05) is 0 Å². The topological polar surface area (TPSA) is 74.3 Å². The molecule has 36 heavy (non-hydrogen) atoms. The number of alkyl halides is 3. The Morgan fingerprint density at radius 3 is 2.50 bits per heavy atom. The van der Waals surface area contributed by atoms with Crippen molar-refractivity contribution in [3.8, 4) is 0 Å². The highest BCUT2D eigenvalue weighted by Crippen LogP contribution is 2.33. The number of nitrogens with zero attached hydrogens (tertiary/aromatic N) is 2. The molecule has 0 radical (unpaired) electrons. The predicted octanol–water partition coefficient (Wildman–Crippen LogP) is 4.82. The van der Waals surface area contributed by atoms with E-state index in [9.17, 15) is 21.6 Å². The summed E-state index contributed by atoms with van der Waals surface area (Å²) in [7, 11) is -3.57. The Morgan fingerprint density at radius 2 is 1.83 bits per heavy atom. The van der Waals surface area contributed by atoms with Gasteiger partial charge in [0.15, 0.2) is 0 Å². The number of benzene rings is 1. The molecule has 2 fully saturated rings. The Morgan fingerprint density at radius 1 is 1.08 bits per heavy atom. The summed E-state index contributed by atoms with van der Waals surface area (Å²) in [5, 5.41) is 3.31. The van der Waals surface area contributed by atoms with E-state index in [-0.39, 0.29) is 41.8 Å². The second-order valence-electron chi connectivity index (χ2n) is 9.20. The van der Waals surface area contributed by atoms with Gasteiger partial charge in [0.1, 0.15) is 4.90 Å². The van der Waals surface area contributed by atoms with E-state index in [0.29, 0.717) is 18.0 Å². The Balaban J connectivity index is 0.00000228. The molecule has 1 saturated heterocycles. The normalized spacial score (nSPS) is 23.4. The lowest BCUT2D eigenvalue weighted by Crippen LogP contribution is -2.46. The van der Waals surface area contributed by atoms with Crippen LogP contribution in [0, 0.1) is 5.92 Å². The number of nitrogens with one attached hydrogen (secondary N) is 2. The lowest BCUT2D eigenvalue weighted by Gasteiger charge is -2.38. The van der Waals surface area contributed by atoms with Crippen molar-refractivity contribution in [1.29, 1.82) is 0 Å². The number of aromatic nitrogens is 1. The molecule has 1 unspecified atom stereocenters. The van der Waals surface area contributed by atoms with E-state index in [2.05, 4.69) is 19.9 Å². The molecule has 0 spiro atoms. The van der Waals surface area contributed by atoms with Gasteiger partial charge in [-0.25, -0.2) is 13.1 Å². The summed E-state index contributed by atoms with van der Waals surface area (Å²) in [6.45, 7) is 3.06. The number of rotatable bonds is 7. The van der Waals surface area contributed by atoms with Gasteiger partial charge in [0.05, 0.1) is 5.56 Å². The van der Waals surface area contributed by atoms with Crippen LogP contribution >= 0.6 is 24.8 Å². The summed E-state index contributed by atoms with van der Waals surface area (Å²) >= 11 is 0. The van der Waals surface area contributed by atoms with Gasteiger partial charge >= 0.3 is 6.18 Å². The Bertz CT molecular complexity index is 1050. The van der Waals surface area contributed by atoms with E-state index < -0.39 is 21.8 Å². The summed E-state index contributed by atoms with van der Waals surface area (Å²) in [4.78, 5) is 6.34. The fourth-order valence-electron chi connectivity index (χ4n) is 4.98. The molecule has 12 heteroatoms.